The number of aromatic nitrogens is 3. The van der Waals surface area contributed by atoms with E-state index in [0.29, 0.717) is 0 Å². The molecule has 14 rings (SSSR count). The van der Waals surface area contributed by atoms with Crippen LogP contribution in [0, 0.1) is 0 Å². The predicted octanol–water partition coefficient (Wildman–Crippen LogP) is 12.2. The van der Waals surface area contributed by atoms with Gasteiger partial charge < -0.3 is 23.1 Å². The number of hydrogen-bond acceptors (Lipinski definition) is 2. The molecule has 6 heteroatoms. The van der Waals surface area contributed by atoms with Crippen molar-refractivity contribution in [1.29, 1.82) is 0 Å². The highest BCUT2D eigenvalue weighted by Gasteiger charge is 2.41. The summed E-state index contributed by atoms with van der Waals surface area (Å²) in [6.07, 6.45) is 0. The lowest BCUT2D eigenvalue weighted by Crippen LogP contribution is -2.53. The molecule has 0 amide bonds. The second-order valence-corrected chi connectivity index (χ2v) is 13.7. The van der Waals surface area contributed by atoms with Gasteiger partial charge >= 0.3 is 6.92 Å². The monoisotopic (exact) mass is 796 g/mol. The molecule has 12 aromatic rings. The van der Waals surface area contributed by atoms with Gasteiger partial charge in [-0.1, -0.05) is 115 Å². The molecule has 9 aromatic carbocycles. The summed E-state index contributed by atoms with van der Waals surface area (Å²) < 4.78 is 300. The molecule has 0 aliphatic carbocycles. The molecule has 2 aliphatic heterocycles. The Kier molecular flexibility index (Phi) is 2.89. The third kappa shape index (κ3) is 4.26. The molecule has 0 unspecified atom stereocenters. The van der Waals surface area contributed by atoms with Gasteiger partial charge in [-0.15, -0.1) is 0 Å². The van der Waals surface area contributed by atoms with Crippen molar-refractivity contribution in [3.05, 3.63) is 193 Å². The molecule has 60 heavy (non-hydrogen) atoms. The zero-order valence-corrected chi connectivity index (χ0v) is 29.8. The number of benzene rings is 9. The molecule has 278 valence electrons. The molecule has 0 radical (unpaired) electrons. The van der Waals surface area contributed by atoms with Gasteiger partial charge in [-0.2, -0.15) is 0 Å². The molecular weight excluding hydrogens is 733 g/mol. The first-order valence-electron chi connectivity index (χ1n) is 33.5. The van der Waals surface area contributed by atoms with Crippen LogP contribution in [-0.2, 0) is 0 Å². The van der Waals surface area contributed by atoms with Crippen molar-refractivity contribution in [3.63, 3.8) is 0 Å². The lowest BCUT2D eigenvalue weighted by atomic mass is 9.50. The van der Waals surface area contributed by atoms with Gasteiger partial charge in [-0.25, -0.2) is 0 Å². The Labute approximate surface area is 388 Å². The molecule has 0 bridgehead atoms. The van der Waals surface area contributed by atoms with Gasteiger partial charge in [0, 0.05) is 66.2 Å². The Hall–Kier alpha value is -7.96. The Bertz CT molecular complexity index is 5480. The van der Waals surface area contributed by atoms with Crippen LogP contribution >= 0.6 is 0 Å². The van der Waals surface area contributed by atoms with Crippen LogP contribution in [0.4, 0.5) is 0 Å². The third-order valence-electron chi connectivity index (χ3n) is 10.6. The lowest BCUT2D eigenvalue weighted by molar-refractivity contribution is 0.479. The largest absolute Gasteiger partial charge is 0.551 e. The first kappa shape index (κ1) is 14.7. The van der Waals surface area contributed by atoms with Crippen LogP contribution in [0.3, 0.4) is 0 Å². The van der Waals surface area contributed by atoms with Gasteiger partial charge in [0.05, 0.1) is 81.3 Å². The number of hydrogen-bond donors (Lipinski definition) is 0. The second kappa shape index (κ2) is 11.8. The van der Waals surface area contributed by atoms with Crippen LogP contribution in [0.25, 0.3) is 93.6 Å². The third-order valence-corrected chi connectivity index (χ3v) is 10.6. The Balaban J connectivity index is 1.16. The van der Waals surface area contributed by atoms with E-state index < -0.39 is 316 Å². The average molecular weight is 797 g/mol. The summed E-state index contributed by atoms with van der Waals surface area (Å²) in [7, 11) is 0. The average Bonchev–Trinajstić information content (AvgIpc) is 1.69. The topological polar surface area (TPSA) is 33.2 Å². The number of fused-ring (bicyclic) bond motifs is 13. The highest BCUT2D eigenvalue weighted by atomic mass is 16.5. The van der Waals surface area contributed by atoms with Crippen molar-refractivity contribution in [2.24, 2.45) is 0 Å². The first-order chi connectivity index (χ1) is 42.7. The van der Waals surface area contributed by atoms with Crippen molar-refractivity contribution in [2.75, 3.05) is 0 Å². The van der Waals surface area contributed by atoms with Crippen molar-refractivity contribution >= 4 is 83.3 Å². The normalized spacial score (nSPS) is 20.1. The molecule has 0 saturated heterocycles. The van der Waals surface area contributed by atoms with Gasteiger partial charge in [0.15, 0.2) is 0 Å². The number of nitrogens with zero attached hydrogens (tertiary/aromatic N) is 3. The fourth-order valence-electron chi connectivity index (χ4n) is 8.20. The Morgan fingerprint density at radius 3 is 1.45 bits per heavy atom. The molecule has 5 nitrogen and oxygen atoms in total. The summed E-state index contributed by atoms with van der Waals surface area (Å²) in [6, 6.07) is -25.5. The maximum absolute atomic E-state index is 10.4. The van der Waals surface area contributed by atoms with Crippen LogP contribution in [-0.4, -0.2) is 20.6 Å². The molecule has 0 spiro atoms. The van der Waals surface area contributed by atoms with Gasteiger partial charge in [0.1, 0.15) is 17.2 Å². The minimum absolute atomic E-state index is 0.435. The summed E-state index contributed by atoms with van der Waals surface area (Å²) in [6.45, 7) is -2.03. The van der Waals surface area contributed by atoms with Gasteiger partial charge in [0.2, 0.25) is 0 Å². The van der Waals surface area contributed by atoms with Crippen LogP contribution < -0.4 is 20.3 Å². The molecule has 2 aliphatic rings. The van der Waals surface area contributed by atoms with Crippen LogP contribution in [0.2, 0.25) is 0 Å². The number of ether oxygens (including phenoxy) is 1. The van der Waals surface area contributed by atoms with E-state index >= 15 is 0 Å². The van der Waals surface area contributed by atoms with Crippen LogP contribution in [0.15, 0.2) is 193 Å². The minimum Gasteiger partial charge on any atom is -0.551 e. The van der Waals surface area contributed by atoms with Crippen molar-refractivity contribution < 1.29 is 51.9 Å². The summed E-state index contributed by atoms with van der Waals surface area (Å²) in [5.41, 5.74) is -7.52. The zero-order valence-electron chi connectivity index (χ0n) is 60.8. The van der Waals surface area contributed by atoms with Crippen molar-refractivity contribution in [1.82, 2.24) is 13.7 Å². The first-order valence-corrected chi connectivity index (χ1v) is 18.0. The maximum atomic E-state index is 10.4. The van der Waals surface area contributed by atoms with Gasteiger partial charge in [0.25, 0.3) is 0 Å². The maximum Gasteiger partial charge on any atom is 0.434 e. The summed E-state index contributed by atoms with van der Waals surface area (Å²) in [5, 5.41) is -2.77. The molecular formula is C54H32BN3O2. The van der Waals surface area contributed by atoms with E-state index in [2.05, 4.69) is 0 Å². The number of rotatable bonds is 3. The zero-order chi connectivity index (χ0) is 66.0. The molecule has 5 heterocycles. The lowest BCUT2D eigenvalue weighted by Gasteiger charge is -2.33. The van der Waals surface area contributed by atoms with E-state index in [1.54, 1.807) is 0 Å². The fraction of sp³-hybridized carbons (Fsp3) is 0. The van der Waals surface area contributed by atoms with Crippen LogP contribution in [0.5, 0.6) is 17.2 Å². The molecule has 0 atom stereocenters. The second-order valence-electron chi connectivity index (χ2n) is 13.7. The van der Waals surface area contributed by atoms with Crippen LogP contribution in [0.1, 0.15) is 42.5 Å². The van der Waals surface area contributed by atoms with Crippen molar-refractivity contribution in [3.8, 4) is 45.4 Å². The standard InChI is InChI=1S/C54H32BN3O2/c1-7-19-45-36(13-1)37-14-2-8-20-46(37)56(45)33-26-28-52-44(30-33)55-54-43(42-18-6-12-24-51(42)60-55)29-35(32-53(54)59-52)58-49-23-11-5-17-40(49)41-27-25-34(31-50(41)58)57-47-21-9-3-15-38(47)39-16-4-10-22-48(39)57/h1-32H/i1D,2D,3D,4D,5D,6D,7D,8D,9D,10D,11D,12D,13D,14D,15D,16D,17D,18D,19D,20D,21D,22D,23D,24D,25D,26D,27D,28D,29D,30D,32D. The van der Waals surface area contributed by atoms with E-state index in [1.807, 2.05) is 0 Å². The predicted molar refractivity (Wildman–Crippen MR) is 247 cm³/mol. The van der Waals surface area contributed by atoms with E-state index in [1.165, 1.54) is 0 Å². The molecule has 0 fully saturated rings. The Morgan fingerprint density at radius 1 is 0.367 bits per heavy atom. The summed E-state index contributed by atoms with van der Waals surface area (Å²) >= 11 is 0. The number of para-hydroxylation sites is 6. The highest BCUT2D eigenvalue weighted by molar-refractivity contribution is 6.84. The van der Waals surface area contributed by atoms with E-state index in [-0.39, 0.29) is 0 Å². The quantitative estimate of drug-likeness (QED) is 0.167. The minimum atomic E-state index is -2.03. The Morgan fingerprint density at radius 2 is 0.850 bits per heavy atom. The molecule has 0 saturated carbocycles. The fourth-order valence-corrected chi connectivity index (χ4v) is 8.20. The van der Waals surface area contributed by atoms with E-state index in [4.69, 9.17) is 34.1 Å². The van der Waals surface area contributed by atoms with E-state index in [9.17, 15) is 17.8 Å². The summed E-state index contributed by atoms with van der Waals surface area (Å²) in [4.78, 5) is 0. The highest BCUT2D eigenvalue weighted by Crippen LogP contribution is 2.43. The SMILES string of the molecule is [2H]c1c([2H])c([2H])c2c(c1[2H])OB1c3c([2H])c(-n4c5c([2H])c([2H])c([2H])c([2H])c5c5c([2H])c([2H])c([2H])c([2H])c54)c([2H])c([2H])c3Oc3c([2H])c(-n4c5cc(-n6c7c([2H])c([2H])c([2H])c([2H])c7c7c([2H])c([2H])c([2H])c([2H])c76)c([2H])c([2H])c5c5c([2H])c([2H])c([2H])c([2H])c54)c([2H])c-2c31. The van der Waals surface area contributed by atoms with Gasteiger partial charge in [-0.05, 0) is 78.1 Å². The molecule has 3 aromatic heterocycles. The van der Waals surface area contributed by atoms with E-state index in [0.717, 1.165) is 19.8 Å². The smallest absolute Gasteiger partial charge is 0.434 e. The van der Waals surface area contributed by atoms with Crippen molar-refractivity contribution in [2.45, 2.75) is 0 Å². The van der Waals surface area contributed by atoms with Gasteiger partial charge in [-0.3, -0.25) is 0 Å². The summed E-state index contributed by atoms with van der Waals surface area (Å²) in [5.74, 6) is -2.22. The molecule has 0 N–H and O–H groups in total.